The summed E-state index contributed by atoms with van der Waals surface area (Å²) in [5, 5.41) is 2.68. The molecule has 0 aliphatic carbocycles. The standard InChI is InChI=1S/C19H21NO4S/c1-24-19(22)17(12-13-25(23)16-10-6-3-7-11-16)20-18(21)14-15-8-4-2-5-9-15/h2-11,17H,12-14H2,1H3,(H,20,21)/t17-,25-/m0/s1. The van der Waals surface area contributed by atoms with Gasteiger partial charge in [0, 0.05) is 10.6 Å². The minimum absolute atomic E-state index is 0.177. The Hall–Kier alpha value is -2.47. The molecule has 0 unspecified atom stereocenters. The second-order valence-corrected chi connectivity index (χ2v) is 7.03. The van der Waals surface area contributed by atoms with Crippen LogP contribution in [0.1, 0.15) is 12.0 Å². The zero-order chi connectivity index (χ0) is 18.1. The first-order valence-electron chi connectivity index (χ1n) is 7.94. The fourth-order valence-corrected chi connectivity index (χ4v) is 3.48. The first-order valence-corrected chi connectivity index (χ1v) is 9.26. The van der Waals surface area contributed by atoms with Crippen molar-refractivity contribution in [1.29, 1.82) is 0 Å². The van der Waals surface area contributed by atoms with Crippen molar-refractivity contribution in [3.05, 3.63) is 66.2 Å². The summed E-state index contributed by atoms with van der Waals surface area (Å²) in [7, 11) is 0.0363. The van der Waals surface area contributed by atoms with Gasteiger partial charge in [-0.3, -0.25) is 9.00 Å². The van der Waals surface area contributed by atoms with Crippen molar-refractivity contribution in [3.8, 4) is 0 Å². The quantitative estimate of drug-likeness (QED) is 0.733. The topological polar surface area (TPSA) is 72.5 Å². The molecular weight excluding hydrogens is 338 g/mol. The number of benzene rings is 2. The Morgan fingerprint density at radius 2 is 1.64 bits per heavy atom. The lowest BCUT2D eigenvalue weighted by molar-refractivity contribution is -0.145. The van der Waals surface area contributed by atoms with Crippen molar-refractivity contribution in [1.82, 2.24) is 5.32 Å². The largest absolute Gasteiger partial charge is 0.467 e. The lowest BCUT2D eigenvalue weighted by Gasteiger charge is -2.16. The van der Waals surface area contributed by atoms with E-state index in [9.17, 15) is 13.8 Å². The maximum Gasteiger partial charge on any atom is 0.328 e. The molecule has 0 aliphatic heterocycles. The monoisotopic (exact) mass is 359 g/mol. The van der Waals surface area contributed by atoms with E-state index >= 15 is 0 Å². The Labute approximate surface area is 149 Å². The number of hydrogen-bond acceptors (Lipinski definition) is 4. The molecule has 132 valence electrons. The summed E-state index contributed by atoms with van der Waals surface area (Å²) in [4.78, 5) is 24.8. The van der Waals surface area contributed by atoms with Crippen molar-refractivity contribution >= 4 is 22.7 Å². The number of nitrogens with one attached hydrogen (secondary N) is 1. The van der Waals surface area contributed by atoms with Crippen LogP contribution >= 0.6 is 0 Å². The van der Waals surface area contributed by atoms with Crippen LogP contribution in [0.2, 0.25) is 0 Å². The number of methoxy groups -OCH3 is 1. The molecule has 25 heavy (non-hydrogen) atoms. The van der Waals surface area contributed by atoms with Crippen LogP contribution in [0.15, 0.2) is 65.6 Å². The van der Waals surface area contributed by atoms with Crippen LogP contribution in [0, 0.1) is 0 Å². The Kier molecular flexibility index (Phi) is 7.35. The Bertz CT molecular complexity index is 719. The van der Waals surface area contributed by atoms with Crippen LogP contribution in [-0.2, 0) is 31.5 Å². The molecule has 5 nitrogen and oxygen atoms in total. The number of esters is 1. The Balaban J connectivity index is 1.93. The van der Waals surface area contributed by atoms with Crippen molar-refractivity contribution in [2.75, 3.05) is 12.9 Å². The van der Waals surface area contributed by atoms with Gasteiger partial charge in [0.2, 0.25) is 5.91 Å². The van der Waals surface area contributed by atoms with Gasteiger partial charge >= 0.3 is 5.97 Å². The van der Waals surface area contributed by atoms with Gasteiger partial charge in [0.15, 0.2) is 0 Å². The van der Waals surface area contributed by atoms with E-state index in [4.69, 9.17) is 4.74 Å². The summed E-state index contributed by atoms with van der Waals surface area (Å²) in [6.07, 6.45) is 0.421. The predicted octanol–water partition coefficient (Wildman–Crippen LogP) is 2.08. The molecule has 6 heteroatoms. The van der Waals surface area contributed by atoms with E-state index in [-0.39, 0.29) is 24.5 Å². The van der Waals surface area contributed by atoms with E-state index in [1.807, 2.05) is 48.5 Å². The van der Waals surface area contributed by atoms with Gasteiger partial charge in [-0.1, -0.05) is 48.5 Å². The number of ether oxygens (including phenoxy) is 1. The first kappa shape index (κ1) is 18.9. The van der Waals surface area contributed by atoms with Crippen LogP contribution < -0.4 is 5.32 Å². The summed E-state index contributed by atoms with van der Waals surface area (Å²) < 4.78 is 17.0. The average Bonchev–Trinajstić information content (AvgIpc) is 2.65. The predicted molar refractivity (Wildman–Crippen MR) is 96.4 cm³/mol. The van der Waals surface area contributed by atoms with Crippen molar-refractivity contribution in [2.45, 2.75) is 23.8 Å². The molecular formula is C19H21NO4S. The molecule has 0 saturated heterocycles. The molecule has 2 aromatic rings. The molecule has 0 heterocycles. The lowest BCUT2D eigenvalue weighted by atomic mass is 10.1. The SMILES string of the molecule is COC(=O)[C@H](CC[S@](=O)c1ccccc1)NC(=O)Cc1ccccc1. The lowest BCUT2D eigenvalue weighted by Crippen LogP contribution is -2.43. The number of amides is 1. The van der Waals surface area contributed by atoms with Crippen molar-refractivity contribution < 1.29 is 18.5 Å². The summed E-state index contributed by atoms with van der Waals surface area (Å²) in [6.45, 7) is 0. The third-order valence-corrected chi connectivity index (χ3v) is 5.03. The maximum absolute atomic E-state index is 12.3. The van der Waals surface area contributed by atoms with Gasteiger partial charge in [-0.25, -0.2) is 4.79 Å². The number of rotatable bonds is 8. The normalized spacial score (nSPS) is 12.8. The van der Waals surface area contributed by atoms with Crippen molar-refractivity contribution in [3.63, 3.8) is 0 Å². The van der Waals surface area contributed by atoms with Gasteiger partial charge in [0.25, 0.3) is 0 Å². The van der Waals surface area contributed by atoms with Gasteiger partial charge in [-0.15, -0.1) is 0 Å². The third kappa shape index (κ3) is 6.15. The van der Waals surface area contributed by atoms with Crippen LogP contribution in [0.25, 0.3) is 0 Å². The van der Waals surface area contributed by atoms with E-state index < -0.39 is 22.8 Å². The molecule has 0 saturated carbocycles. The molecule has 0 spiro atoms. The summed E-state index contributed by atoms with van der Waals surface area (Å²) in [6, 6.07) is 17.5. The van der Waals surface area contributed by atoms with Gasteiger partial charge in [0.1, 0.15) is 6.04 Å². The van der Waals surface area contributed by atoms with Crippen molar-refractivity contribution in [2.24, 2.45) is 0 Å². The Morgan fingerprint density at radius 1 is 1.04 bits per heavy atom. The van der Waals surface area contributed by atoms with Crippen LogP contribution in [0.4, 0.5) is 0 Å². The third-order valence-electron chi connectivity index (χ3n) is 3.63. The Morgan fingerprint density at radius 3 is 2.24 bits per heavy atom. The van der Waals surface area contributed by atoms with Gasteiger partial charge in [0.05, 0.1) is 24.3 Å². The summed E-state index contributed by atoms with van der Waals surface area (Å²) >= 11 is 0. The summed E-state index contributed by atoms with van der Waals surface area (Å²) in [5.74, 6) is -0.548. The second kappa shape index (κ2) is 9.74. The molecule has 2 rings (SSSR count). The van der Waals surface area contributed by atoms with E-state index in [0.29, 0.717) is 4.90 Å². The zero-order valence-electron chi connectivity index (χ0n) is 14.0. The molecule has 0 radical (unpaired) electrons. The number of carbonyl (C=O) groups excluding carboxylic acids is 2. The first-order chi connectivity index (χ1) is 12.1. The second-order valence-electron chi connectivity index (χ2n) is 5.46. The van der Waals surface area contributed by atoms with Crippen LogP contribution in [0.3, 0.4) is 0 Å². The molecule has 0 bridgehead atoms. The molecule has 0 aromatic heterocycles. The molecule has 2 atom stereocenters. The van der Waals surface area contributed by atoms with Crippen LogP contribution in [0.5, 0.6) is 0 Å². The fraction of sp³-hybridized carbons (Fsp3) is 0.263. The van der Waals surface area contributed by atoms with E-state index in [0.717, 1.165) is 5.56 Å². The van der Waals surface area contributed by atoms with E-state index in [1.165, 1.54) is 7.11 Å². The maximum atomic E-state index is 12.3. The smallest absolute Gasteiger partial charge is 0.328 e. The molecule has 2 aromatic carbocycles. The molecule has 0 fully saturated rings. The van der Waals surface area contributed by atoms with Gasteiger partial charge in [-0.2, -0.15) is 0 Å². The minimum atomic E-state index is -1.23. The van der Waals surface area contributed by atoms with Crippen LogP contribution in [-0.4, -0.2) is 35.0 Å². The van der Waals surface area contributed by atoms with E-state index in [1.54, 1.807) is 12.1 Å². The highest BCUT2D eigenvalue weighted by atomic mass is 32.2. The zero-order valence-corrected chi connectivity index (χ0v) is 14.8. The molecule has 0 aliphatic rings. The fourth-order valence-electron chi connectivity index (χ4n) is 2.33. The number of carbonyl (C=O) groups is 2. The highest BCUT2D eigenvalue weighted by molar-refractivity contribution is 7.85. The highest BCUT2D eigenvalue weighted by Crippen LogP contribution is 2.09. The summed E-state index contributed by atoms with van der Waals surface area (Å²) in [5.41, 5.74) is 0.858. The van der Waals surface area contributed by atoms with E-state index in [2.05, 4.69) is 5.32 Å². The number of hydrogen-bond donors (Lipinski definition) is 1. The highest BCUT2D eigenvalue weighted by Gasteiger charge is 2.22. The average molecular weight is 359 g/mol. The molecule has 1 N–H and O–H groups in total. The minimum Gasteiger partial charge on any atom is -0.467 e. The van der Waals surface area contributed by atoms with Gasteiger partial charge in [-0.05, 0) is 24.1 Å². The molecule has 1 amide bonds. The van der Waals surface area contributed by atoms with Gasteiger partial charge < -0.3 is 10.1 Å².